The van der Waals surface area contributed by atoms with Crippen molar-refractivity contribution in [2.45, 2.75) is 24.7 Å². The molecule has 0 bridgehead atoms. The summed E-state index contributed by atoms with van der Waals surface area (Å²) in [7, 11) is 1.61. The van der Waals surface area contributed by atoms with Crippen LogP contribution in [0.2, 0.25) is 0 Å². The quantitative estimate of drug-likeness (QED) is 0.308. The summed E-state index contributed by atoms with van der Waals surface area (Å²) in [6.45, 7) is 1.68. The minimum absolute atomic E-state index is 0.0180. The summed E-state index contributed by atoms with van der Waals surface area (Å²) >= 11 is 0. The molecule has 2 N–H and O–H groups in total. The van der Waals surface area contributed by atoms with Gasteiger partial charge < -0.3 is 24.5 Å². The number of anilines is 1. The molecule has 0 radical (unpaired) electrons. The highest BCUT2D eigenvalue weighted by Gasteiger charge is 2.44. The summed E-state index contributed by atoms with van der Waals surface area (Å²) in [5.41, 5.74) is 5.33. The van der Waals surface area contributed by atoms with E-state index in [4.69, 9.17) is 4.74 Å². The van der Waals surface area contributed by atoms with Crippen molar-refractivity contribution in [1.29, 1.82) is 0 Å². The molecule has 0 aliphatic carbocycles. The lowest BCUT2D eigenvalue weighted by Crippen LogP contribution is -2.47. The lowest BCUT2D eigenvalue weighted by Gasteiger charge is -2.43. The molecule has 40 heavy (non-hydrogen) atoms. The van der Waals surface area contributed by atoms with Crippen LogP contribution in [-0.2, 0) is 15.0 Å². The number of hydrogen-bond acceptors (Lipinski definition) is 3. The molecule has 7 rings (SSSR count). The molecule has 5 aromatic rings. The highest BCUT2D eigenvalue weighted by molar-refractivity contribution is 6.00. The predicted octanol–water partition coefficient (Wildman–Crippen LogP) is 5.62. The number of nitrogens with one attached hydrogen (secondary N) is 2. The molecular weight excluding hydrogens is 500 g/mol. The van der Waals surface area contributed by atoms with Gasteiger partial charge in [-0.25, -0.2) is 0 Å². The Morgan fingerprint density at radius 1 is 0.875 bits per heavy atom. The van der Waals surface area contributed by atoms with E-state index < -0.39 is 0 Å². The van der Waals surface area contributed by atoms with Gasteiger partial charge in [-0.05, 0) is 48.2 Å². The smallest absolute Gasteiger partial charge is 0.228 e. The number of para-hydroxylation sites is 2. The number of benzene rings is 3. The van der Waals surface area contributed by atoms with Crippen molar-refractivity contribution in [3.05, 3.63) is 96.3 Å². The van der Waals surface area contributed by atoms with E-state index in [0.717, 1.165) is 29.6 Å². The lowest BCUT2D eigenvalue weighted by atomic mass is 9.67. The topological polar surface area (TPSA) is 81.4 Å². The van der Waals surface area contributed by atoms with Crippen LogP contribution < -0.4 is 9.64 Å². The van der Waals surface area contributed by atoms with Gasteiger partial charge in [-0.15, -0.1) is 0 Å². The van der Waals surface area contributed by atoms with Crippen LogP contribution in [0.3, 0.4) is 0 Å². The Hall–Kier alpha value is -4.52. The maximum absolute atomic E-state index is 13.8. The maximum atomic E-state index is 13.8. The maximum Gasteiger partial charge on any atom is 0.228 e. The number of rotatable bonds is 5. The molecule has 7 heteroatoms. The van der Waals surface area contributed by atoms with E-state index in [1.54, 1.807) is 12.0 Å². The van der Waals surface area contributed by atoms with Crippen molar-refractivity contribution < 1.29 is 14.3 Å². The van der Waals surface area contributed by atoms with E-state index in [2.05, 4.69) is 70.9 Å². The van der Waals surface area contributed by atoms with Crippen LogP contribution in [0.5, 0.6) is 5.75 Å². The van der Waals surface area contributed by atoms with Gasteiger partial charge in [0, 0.05) is 77.4 Å². The first-order valence-electron chi connectivity index (χ1n) is 13.9. The number of hydrogen-bond donors (Lipinski definition) is 2. The van der Waals surface area contributed by atoms with Gasteiger partial charge in [0.15, 0.2) is 0 Å². The Kier molecular flexibility index (Phi) is 5.88. The fourth-order valence-corrected chi connectivity index (χ4v) is 6.89. The number of carbonyl (C=O) groups is 2. The van der Waals surface area contributed by atoms with Crippen LogP contribution in [0, 0.1) is 5.92 Å². The van der Waals surface area contributed by atoms with Gasteiger partial charge in [0.1, 0.15) is 5.75 Å². The van der Waals surface area contributed by atoms with Crippen molar-refractivity contribution in [1.82, 2.24) is 14.9 Å². The number of likely N-dealkylation sites (tertiary alicyclic amines) is 1. The van der Waals surface area contributed by atoms with Crippen LogP contribution in [0.1, 0.15) is 30.4 Å². The fourth-order valence-electron chi connectivity index (χ4n) is 6.89. The Bertz CT molecular complexity index is 1650. The Morgan fingerprint density at radius 2 is 1.50 bits per heavy atom. The van der Waals surface area contributed by atoms with Gasteiger partial charge in [0.05, 0.1) is 13.0 Å². The summed E-state index contributed by atoms with van der Waals surface area (Å²) in [5, 5.41) is 2.45. The highest BCUT2D eigenvalue weighted by Crippen LogP contribution is 2.47. The van der Waals surface area contributed by atoms with Crippen LogP contribution in [0.25, 0.3) is 21.8 Å². The predicted molar refractivity (Wildman–Crippen MR) is 157 cm³/mol. The first-order chi connectivity index (χ1) is 19.6. The third-order valence-electron chi connectivity index (χ3n) is 8.98. The number of ether oxygens (including phenoxy) is 1. The van der Waals surface area contributed by atoms with Crippen LogP contribution in [0.15, 0.2) is 85.2 Å². The number of aromatic amines is 2. The fraction of sp³-hybridized carbons (Fsp3) is 0.273. The zero-order chi connectivity index (χ0) is 27.3. The van der Waals surface area contributed by atoms with E-state index >= 15 is 0 Å². The van der Waals surface area contributed by atoms with E-state index in [1.807, 2.05) is 29.2 Å². The summed E-state index contributed by atoms with van der Waals surface area (Å²) in [6, 6.07) is 24.4. The molecule has 1 atom stereocenters. The normalized spacial score (nSPS) is 19.0. The van der Waals surface area contributed by atoms with Crippen molar-refractivity contribution in [2.75, 3.05) is 31.6 Å². The Balaban J connectivity index is 1.17. The molecule has 4 heterocycles. The summed E-state index contributed by atoms with van der Waals surface area (Å²) in [4.78, 5) is 37.4. The molecule has 7 nitrogen and oxygen atoms in total. The zero-order valence-electron chi connectivity index (χ0n) is 22.5. The summed E-state index contributed by atoms with van der Waals surface area (Å²) in [5.74, 6) is 0.412. The number of methoxy groups -OCH3 is 1. The minimum Gasteiger partial charge on any atom is -0.497 e. The van der Waals surface area contributed by atoms with Gasteiger partial charge in [-0.2, -0.15) is 0 Å². The van der Waals surface area contributed by atoms with Crippen molar-refractivity contribution >= 4 is 39.3 Å². The molecule has 0 saturated carbocycles. The molecule has 2 amide bonds. The van der Waals surface area contributed by atoms with Gasteiger partial charge in [0.25, 0.3) is 0 Å². The average molecular weight is 533 g/mol. The average Bonchev–Trinajstić information content (AvgIpc) is 3.74. The summed E-state index contributed by atoms with van der Waals surface area (Å²) < 4.78 is 5.34. The Labute approximate surface area is 232 Å². The van der Waals surface area contributed by atoms with Gasteiger partial charge in [-0.1, -0.05) is 42.5 Å². The van der Waals surface area contributed by atoms with Crippen molar-refractivity contribution in [3.8, 4) is 5.75 Å². The van der Waals surface area contributed by atoms with E-state index in [9.17, 15) is 9.59 Å². The first kappa shape index (κ1) is 24.5. The highest BCUT2D eigenvalue weighted by atomic mass is 16.5. The Morgan fingerprint density at radius 3 is 2.12 bits per heavy atom. The molecule has 2 aliphatic heterocycles. The van der Waals surface area contributed by atoms with Gasteiger partial charge in [-0.3, -0.25) is 9.59 Å². The second-order valence-corrected chi connectivity index (χ2v) is 11.0. The number of fused-ring (bicyclic) bond motifs is 2. The SMILES string of the molecule is COc1cccc(N2CC(C(=O)N3CCC(c4c[nH]c5ccccc45)(c4c[nH]c5ccccc45)CC3)CC2=O)c1. The molecule has 1 unspecified atom stereocenters. The van der Waals surface area contributed by atoms with Crippen LogP contribution >= 0.6 is 0 Å². The third kappa shape index (κ3) is 3.87. The largest absolute Gasteiger partial charge is 0.497 e. The molecule has 202 valence electrons. The number of H-pyrrole nitrogens is 2. The molecule has 2 aromatic heterocycles. The summed E-state index contributed by atoms with van der Waals surface area (Å²) in [6.07, 6.45) is 6.17. The van der Waals surface area contributed by atoms with Crippen LogP contribution in [-0.4, -0.2) is 53.4 Å². The third-order valence-corrected chi connectivity index (χ3v) is 8.98. The van der Waals surface area contributed by atoms with Gasteiger partial charge in [0.2, 0.25) is 11.8 Å². The number of nitrogens with zero attached hydrogens (tertiary/aromatic N) is 2. The standard InChI is InChI=1S/C33H32N4O3/c1-40-24-8-6-7-23(18-24)37-21-22(17-31(37)38)32(39)36-15-13-33(14-16-36,27-19-34-29-11-4-2-9-25(27)29)28-20-35-30-12-5-3-10-26(28)30/h2-12,18-20,22,34-35H,13-17,21H2,1H3. The minimum atomic E-state index is -0.340. The lowest BCUT2D eigenvalue weighted by molar-refractivity contribution is -0.137. The first-order valence-corrected chi connectivity index (χ1v) is 13.9. The number of piperidine rings is 1. The number of carbonyl (C=O) groups excluding carboxylic acids is 2. The molecule has 2 saturated heterocycles. The molecular formula is C33H32N4O3. The monoisotopic (exact) mass is 532 g/mol. The number of aromatic nitrogens is 2. The van der Waals surface area contributed by atoms with Crippen LogP contribution in [0.4, 0.5) is 5.69 Å². The van der Waals surface area contributed by atoms with Crippen molar-refractivity contribution in [2.24, 2.45) is 5.92 Å². The number of amides is 2. The molecule has 2 fully saturated rings. The molecule has 3 aromatic carbocycles. The second-order valence-electron chi connectivity index (χ2n) is 11.0. The van der Waals surface area contributed by atoms with E-state index in [-0.39, 0.29) is 29.6 Å². The second kappa shape index (κ2) is 9.59. The van der Waals surface area contributed by atoms with E-state index in [0.29, 0.717) is 25.4 Å². The van der Waals surface area contributed by atoms with E-state index in [1.165, 1.54) is 21.9 Å². The van der Waals surface area contributed by atoms with Gasteiger partial charge >= 0.3 is 0 Å². The zero-order valence-corrected chi connectivity index (χ0v) is 22.5. The molecule has 0 spiro atoms. The van der Waals surface area contributed by atoms with Crippen molar-refractivity contribution in [3.63, 3.8) is 0 Å². The molecule has 2 aliphatic rings.